The van der Waals surface area contributed by atoms with Crippen molar-refractivity contribution in [2.45, 2.75) is 19.8 Å². The topological polar surface area (TPSA) is 20.3 Å². The summed E-state index contributed by atoms with van der Waals surface area (Å²) in [4.78, 5) is 13.8. The maximum atomic E-state index is 11.5. The second kappa shape index (κ2) is 5.41. The van der Waals surface area contributed by atoms with Gasteiger partial charge in [0.1, 0.15) is 0 Å². The van der Waals surface area contributed by atoms with Crippen molar-refractivity contribution >= 4 is 33.1 Å². The fourth-order valence-electron chi connectivity index (χ4n) is 2.76. The monoisotopic (exact) mass is 329 g/mol. The minimum Gasteiger partial charge on any atom is -0.341 e. The number of ketones is 1. The Kier molecular flexibility index (Phi) is 3.62. The minimum atomic E-state index is 0.0856. The Bertz CT molecular complexity index is 666. The summed E-state index contributed by atoms with van der Waals surface area (Å²) in [6.45, 7) is 2.61. The Morgan fingerprint density at radius 1 is 1.20 bits per heavy atom. The number of hydrogen-bond acceptors (Lipinski definition) is 2. The van der Waals surface area contributed by atoms with E-state index < -0.39 is 0 Å². The van der Waals surface area contributed by atoms with Crippen LogP contribution in [0.5, 0.6) is 0 Å². The highest BCUT2D eigenvalue weighted by atomic mass is 79.9. The first kappa shape index (κ1) is 13.4. The number of fused-ring (bicyclic) bond motifs is 1. The molecule has 20 heavy (non-hydrogen) atoms. The van der Waals surface area contributed by atoms with E-state index in [4.69, 9.17) is 0 Å². The molecule has 1 heterocycles. The van der Waals surface area contributed by atoms with Crippen LogP contribution in [0.1, 0.15) is 29.3 Å². The molecule has 3 heteroatoms. The van der Waals surface area contributed by atoms with Crippen LogP contribution in [0.3, 0.4) is 0 Å². The van der Waals surface area contributed by atoms with E-state index in [1.165, 1.54) is 11.3 Å². The number of Topliss-reactive ketones (excluding diaryl/α,β-unsaturated/α-hetero) is 1. The standard InChI is InChI=1S/C17H16BrNO/c1-12(20)15-9-8-14(11-16(15)18)19-10-4-6-13-5-2-3-7-17(13)19/h2-3,5,7-9,11H,4,6,10H2,1H3. The van der Waals surface area contributed by atoms with Gasteiger partial charge >= 0.3 is 0 Å². The van der Waals surface area contributed by atoms with Crippen molar-refractivity contribution in [1.82, 2.24) is 0 Å². The Labute approximate surface area is 127 Å². The van der Waals surface area contributed by atoms with Gasteiger partial charge in [-0.1, -0.05) is 18.2 Å². The van der Waals surface area contributed by atoms with Crippen molar-refractivity contribution in [3.05, 3.63) is 58.1 Å². The average molecular weight is 330 g/mol. The second-order valence-electron chi connectivity index (χ2n) is 5.10. The van der Waals surface area contributed by atoms with E-state index in [2.05, 4.69) is 45.1 Å². The van der Waals surface area contributed by atoms with Crippen molar-refractivity contribution in [2.24, 2.45) is 0 Å². The zero-order valence-electron chi connectivity index (χ0n) is 11.4. The predicted molar refractivity (Wildman–Crippen MR) is 85.9 cm³/mol. The molecule has 2 aromatic carbocycles. The molecular formula is C17H16BrNO. The molecule has 3 rings (SSSR count). The van der Waals surface area contributed by atoms with Crippen molar-refractivity contribution in [3.63, 3.8) is 0 Å². The third-order valence-electron chi connectivity index (χ3n) is 3.75. The summed E-state index contributed by atoms with van der Waals surface area (Å²) >= 11 is 3.51. The van der Waals surface area contributed by atoms with Crippen LogP contribution in [0.25, 0.3) is 0 Å². The Morgan fingerprint density at radius 2 is 2.00 bits per heavy atom. The third-order valence-corrected chi connectivity index (χ3v) is 4.41. The lowest BCUT2D eigenvalue weighted by molar-refractivity contribution is 0.101. The lowest BCUT2D eigenvalue weighted by Gasteiger charge is -2.31. The summed E-state index contributed by atoms with van der Waals surface area (Å²) < 4.78 is 0.866. The summed E-state index contributed by atoms with van der Waals surface area (Å²) in [6, 6.07) is 14.5. The molecule has 2 nitrogen and oxygen atoms in total. The van der Waals surface area contributed by atoms with Gasteiger partial charge < -0.3 is 4.90 Å². The van der Waals surface area contributed by atoms with Gasteiger partial charge in [0.05, 0.1) is 0 Å². The highest BCUT2D eigenvalue weighted by Crippen LogP contribution is 2.35. The van der Waals surface area contributed by atoms with E-state index in [-0.39, 0.29) is 5.78 Å². The first-order valence-electron chi connectivity index (χ1n) is 6.83. The molecule has 0 fully saturated rings. The fourth-order valence-corrected chi connectivity index (χ4v) is 3.41. The van der Waals surface area contributed by atoms with E-state index in [1.54, 1.807) is 6.92 Å². The van der Waals surface area contributed by atoms with Crippen LogP contribution < -0.4 is 4.90 Å². The van der Waals surface area contributed by atoms with E-state index >= 15 is 0 Å². The molecule has 0 aromatic heterocycles. The molecule has 0 bridgehead atoms. The van der Waals surface area contributed by atoms with Gasteiger partial charge in [0, 0.05) is 28.0 Å². The molecule has 0 radical (unpaired) electrons. The summed E-state index contributed by atoms with van der Waals surface area (Å²) in [5.74, 6) is 0.0856. The summed E-state index contributed by atoms with van der Waals surface area (Å²) in [6.07, 6.45) is 2.29. The molecule has 0 saturated heterocycles. The van der Waals surface area contributed by atoms with Crippen molar-refractivity contribution in [2.75, 3.05) is 11.4 Å². The maximum absolute atomic E-state index is 11.5. The molecule has 0 amide bonds. The van der Waals surface area contributed by atoms with Crippen LogP contribution in [0.2, 0.25) is 0 Å². The van der Waals surface area contributed by atoms with Crippen LogP contribution in [0.15, 0.2) is 46.9 Å². The van der Waals surface area contributed by atoms with Gasteiger partial charge in [0.15, 0.2) is 5.78 Å². The quantitative estimate of drug-likeness (QED) is 0.742. The van der Waals surface area contributed by atoms with E-state index in [9.17, 15) is 4.79 Å². The highest BCUT2D eigenvalue weighted by Gasteiger charge is 2.18. The Morgan fingerprint density at radius 3 is 2.75 bits per heavy atom. The average Bonchev–Trinajstić information content (AvgIpc) is 2.46. The smallest absolute Gasteiger partial charge is 0.160 e. The van der Waals surface area contributed by atoms with E-state index in [1.807, 2.05) is 18.2 Å². The molecule has 1 aliphatic rings. The molecule has 102 valence electrons. The van der Waals surface area contributed by atoms with Gasteiger partial charge in [0.25, 0.3) is 0 Å². The molecule has 0 atom stereocenters. The number of carbonyl (C=O) groups is 1. The number of carbonyl (C=O) groups excluding carboxylic acids is 1. The number of rotatable bonds is 2. The van der Waals surface area contributed by atoms with Gasteiger partial charge in [-0.2, -0.15) is 0 Å². The minimum absolute atomic E-state index is 0.0856. The summed E-state index contributed by atoms with van der Waals surface area (Å²) in [5, 5.41) is 0. The summed E-state index contributed by atoms with van der Waals surface area (Å²) in [7, 11) is 0. The van der Waals surface area contributed by atoms with Crippen LogP contribution in [0, 0.1) is 0 Å². The van der Waals surface area contributed by atoms with Crippen molar-refractivity contribution < 1.29 is 4.79 Å². The summed E-state index contributed by atoms with van der Waals surface area (Å²) in [5.41, 5.74) is 4.54. The number of hydrogen-bond donors (Lipinski definition) is 0. The zero-order valence-corrected chi connectivity index (χ0v) is 13.0. The van der Waals surface area contributed by atoms with E-state index in [0.717, 1.165) is 35.1 Å². The lowest BCUT2D eigenvalue weighted by Crippen LogP contribution is -2.24. The number of anilines is 2. The normalized spacial score (nSPS) is 14.0. The predicted octanol–water partition coefficient (Wildman–Crippen LogP) is 4.74. The second-order valence-corrected chi connectivity index (χ2v) is 5.96. The molecule has 2 aromatic rings. The highest BCUT2D eigenvalue weighted by molar-refractivity contribution is 9.10. The SMILES string of the molecule is CC(=O)c1ccc(N2CCCc3ccccc32)cc1Br. The van der Waals surface area contributed by atoms with Crippen LogP contribution >= 0.6 is 15.9 Å². The van der Waals surface area contributed by atoms with Crippen molar-refractivity contribution in [3.8, 4) is 0 Å². The molecule has 0 aliphatic carbocycles. The molecule has 0 unspecified atom stereocenters. The first-order valence-corrected chi connectivity index (χ1v) is 7.62. The van der Waals surface area contributed by atoms with E-state index in [0.29, 0.717) is 0 Å². The largest absolute Gasteiger partial charge is 0.341 e. The molecule has 1 aliphatic heterocycles. The van der Waals surface area contributed by atoms with Gasteiger partial charge in [-0.05, 0) is 65.5 Å². The molecule has 0 N–H and O–H groups in total. The number of benzene rings is 2. The molecule has 0 spiro atoms. The Balaban J connectivity index is 2.03. The van der Waals surface area contributed by atoms with Crippen molar-refractivity contribution in [1.29, 1.82) is 0 Å². The molecule has 0 saturated carbocycles. The first-order chi connectivity index (χ1) is 9.66. The maximum Gasteiger partial charge on any atom is 0.160 e. The number of aryl methyl sites for hydroxylation is 1. The van der Waals surface area contributed by atoms with Gasteiger partial charge in [0.2, 0.25) is 0 Å². The van der Waals surface area contributed by atoms with Crippen LogP contribution in [-0.4, -0.2) is 12.3 Å². The van der Waals surface area contributed by atoms with Gasteiger partial charge in [-0.25, -0.2) is 0 Å². The third kappa shape index (κ3) is 2.38. The number of nitrogens with zero attached hydrogens (tertiary/aromatic N) is 1. The van der Waals surface area contributed by atoms with Gasteiger partial charge in [-0.15, -0.1) is 0 Å². The van der Waals surface area contributed by atoms with Gasteiger partial charge in [-0.3, -0.25) is 4.79 Å². The number of para-hydroxylation sites is 1. The zero-order chi connectivity index (χ0) is 14.1. The lowest BCUT2D eigenvalue weighted by atomic mass is 10.0. The molecular weight excluding hydrogens is 314 g/mol. The van der Waals surface area contributed by atoms with Crippen LogP contribution in [-0.2, 0) is 6.42 Å². The number of halogens is 1. The fraction of sp³-hybridized carbons (Fsp3) is 0.235. The van der Waals surface area contributed by atoms with Crippen LogP contribution in [0.4, 0.5) is 11.4 Å². The Hall–Kier alpha value is -1.61.